The van der Waals surface area contributed by atoms with E-state index >= 15 is 0 Å². The number of anilines is 2. The molecule has 0 saturated heterocycles. The van der Waals surface area contributed by atoms with Gasteiger partial charge >= 0.3 is 0 Å². The molecule has 9 rings (SSSR count). The summed E-state index contributed by atoms with van der Waals surface area (Å²) in [6.07, 6.45) is 4.35. The Hall–Kier alpha value is -7.21. The molecule has 5 heterocycles. The number of fused-ring (bicyclic) bond motifs is 3. The highest BCUT2D eigenvalue weighted by molar-refractivity contribution is 5.97. The van der Waals surface area contributed by atoms with Crippen LogP contribution >= 0.6 is 0 Å². The number of rotatable bonds is 13. The van der Waals surface area contributed by atoms with Crippen molar-refractivity contribution >= 4 is 39.5 Å². The van der Waals surface area contributed by atoms with E-state index in [0.29, 0.717) is 48.5 Å². The third-order valence-corrected chi connectivity index (χ3v) is 11.5. The number of amides is 1. The maximum absolute atomic E-state index is 12.7. The Morgan fingerprint density at radius 2 is 1.58 bits per heavy atom. The molecule has 4 aromatic carbocycles. The number of benzene rings is 4. The molecule has 0 fully saturated rings. The zero-order chi connectivity index (χ0) is 42.9. The lowest BCUT2D eigenvalue weighted by molar-refractivity contribution is -0.132. The largest absolute Gasteiger partial charge is 0.493 e. The number of carbonyl (C=O) groups excluding carboxylic acids is 1. The minimum absolute atomic E-state index is 0.0251. The average Bonchev–Trinajstić information content (AvgIpc) is 3.86. The lowest BCUT2D eigenvalue weighted by Gasteiger charge is -2.27. The highest BCUT2D eigenvalue weighted by Gasteiger charge is 2.23. The number of likely N-dealkylation sites (N-methyl/N-ethyl adjacent to an activating group) is 1. The molecular formula is C50H49N7O5. The van der Waals surface area contributed by atoms with Gasteiger partial charge in [0.05, 0.1) is 48.2 Å². The van der Waals surface area contributed by atoms with Crippen molar-refractivity contribution in [1.82, 2.24) is 24.8 Å². The van der Waals surface area contributed by atoms with Crippen LogP contribution in [0.3, 0.4) is 0 Å². The quantitative estimate of drug-likeness (QED) is 0.115. The van der Waals surface area contributed by atoms with Crippen molar-refractivity contribution in [3.63, 3.8) is 0 Å². The molecule has 2 N–H and O–H groups in total. The van der Waals surface area contributed by atoms with Gasteiger partial charge in [-0.2, -0.15) is 0 Å². The predicted octanol–water partition coefficient (Wildman–Crippen LogP) is 11.0. The van der Waals surface area contributed by atoms with Crippen LogP contribution in [0.5, 0.6) is 11.5 Å². The van der Waals surface area contributed by atoms with Crippen molar-refractivity contribution in [2.75, 3.05) is 36.9 Å². The number of ether oxygens (including phenoxy) is 2. The molecule has 0 bridgehead atoms. The van der Waals surface area contributed by atoms with Gasteiger partial charge in [0.1, 0.15) is 40.1 Å². The molecule has 1 aliphatic heterocycles. The molecule has 8 aromatic rings. The van der Waals surface area contributed by atoms with Crippen molar-refractivity contribution in [2.24, 2.45) is 0 Å². The van der Waals surface area contributed by atoms with E-state index in [4.69, 9.17) is 38.2 Å². The Morgan fingerprint density at radius 3 is 2.44 bits per heavy atom. The fourth-order valence-corrected chi connectivity index (χ4v) is 8.13. The first-order valence-electron chi connectivity index (χ1n) is 21.1. The molecule has 4 aromatic heterocycles. The van der Waals surface area contributed by atoms with Crippen molar-refractivity contribution in [3.05, 3.63) is 132 Å². The van der Waals surface area contributed by atoms with Gasteiger partial charge in [-0.15, -0.1) is 0 Å². The molecule has 1 aliphatic rings. The van der Waals surface area contributed by atoms with E-state index in [1.165, 1.54) is 0 Å². The van der Waals surface area contributed by atoms with Gasteiger partial charge in [-0.05, 0) is 107 Å². The molecular weight excluding hydrogens is 779 g/mol. The molecule has 12 nitrogen and oxygen atoms in total. The Morgan fingerprint density at radius 1 is 0.806 bits per heavy atom. The summed E-state index contributed by atoms with van der Waals surface area (Å²) in [5.74, 6) is 3.93. The second kappa shape index (κ2) is 17.0. The lowest BCUT2D eigenvalue weighted by atomic mass is 10.00. The number of furan rings is 2. The summed E-state index contributed by atoms with van der Waals surface area (Å²) in [5.41, 5.74) is 9.58. The van der Waals surface area contributed by atoms with E-state index in [-0.39, 0.29) is 24.6 Å². The maximum Gasteiger partial charge on any atom is 0.260 e. The van der Waals surface area contributed by atoms with Crippen LogP contribution in [-0.2, 0) is 4.79 Å². The van der Waals surface area contributed by atoms with Crippen LogP contribution in [-0.4, -0.2) is 57.0 Å². The minimum Gasteiger partial charge on any atom is -0.493 e. The Balaban J connectivity index is 1.10. The average molecular weight is 828 g/mol. The molecule has 0 aliphatic carbocycles. The Bertz CT molecular complexity index is 2930. The molecule has 0 saturated carbocycles. The summed E-state index contributed by atoms with van der Waals surface area (Å²) in [6, 6.07) is 30.0. The highest BCUT2D eigenvalue weighted by Crippen LogP contribution is 2.39. The monoisotopic (exact) mass is 827 g/mol. The van der Waals surface area contributed by atoms with E-state index in [0.717, 1.165) is 84.7 Å². The van der Waals surface area contributed by atoms with Crippen LogP contribution < -0.4 is 20.1 Å². The predicted molar refractivity (Wildman–Crippen MR) is 243 cm³/mol. The number of hydrogen-bond acceptors (Lipinski definition) is 11. The number of nitrogens with one attached hydrogen (secondary N) is 2. The summed E-state index contributed by atoms with van der Waals surface area (Å²) in [5, 5.41) is 9.26. The molecule has 0 radical (unpaired) electrons. The number of para-hydroxylation sites is 1. The Kier molecular flexibility index (Phi) is 11.1. The van der Waals surface area contributed by atoms with Gasteiger partial charge in [0.15, 0.2) is 12.4 Å². The van der Waals surface area contributed by atoms with Crippen LogP contribution in [0.2, 0.25) is 0 Å². The molecule has 314 valence electrons. The van der Waals surface area contributed by atoms with E-state index in [1.54, 1.807) is 17.4 Å². The van der Waals surface area contributed by atoms with Gasteiger partial charge < -0.3 is 33.8 Å². The number of nitrogens with zero attached hydrogens (tertiary/aromatic N) is 5. The summed E-state index contributed by atoms with van der Waals surface area (Å²) in [7, 11) is 0. The fourth-order valence-electron chi connectivity index (χ4n) is 8.13. The molecule has 12 heteroatoms. The van der Waals surface area contributed by atoms with E-state index < -0.39 is 0 Å². The summed E-state index contributed by atoms with van der Waals surface area (Å²) in [4.78, 5) is 34.6. The minimum atomic E-state index is -0.193. The van der Waals surface area contributed by atoms with Crippen molar-refractivity contribution in [3.8, 4) is 45.4 Å². The SMILES string of the molecule is CCN(CC)C(=O)COc1cccc(C(C)Nc2cc(-c3ccc4occ(C)c4c3)nc(-c3cc(-c4cc(NC5CCOc6ccccc65)nc(C)n4)cc4c(C)coc34)n2)c1. The third-order valence-electron chi connectivity index (χ3n) is 11.5. The van der Waals surface area contributed by atoms with E-state index in [1.807, 2.05) is 101 Å². The van der Waals surface area contributed by atoms with Crippen LogP contribution in [0.4, 0.5) is 11.6 Å². The normalized spacial score (nSPS) is 14.0. The van der Waals surface area contributed by atoms with Gasteiger partial charge in [-0.25, -0.2) is 19.9 Å². The van der Waals surface area contributed by atoms with Crippen LogP contribution in [0.25, 0.3) is 55.8 Å². The van der Waals surface area contributed by atoms with E-state index in [2.05, 4.69) is 41.8 Å². The zero-order valence-corrected chi connectivity index (χ0v) is 35.8. The Labute approximate surface area is 360 Å². The van der Waals surface area contributed by atoms with Crippen molar-refractivity contribution < 1.29 is 23.1 Å². The van der Waals surface area contributed by atoms with Gasteiger partial charge in [0, 0.05) is 59.1 Å². The fraction of sp³-hybridized carbons (Fsp3) is 0.260. The van der Waals surface area contributed by atoms with Gasteiger partial charge in [-0.1, -0.05) is 30.3 Å². The van der Waals surface area contributed by atoms with Crippen molar-refractivity contribution in [2.45, 2.75) is 60.0 Å². The van der Waals surface area contributed by atoms with E-state index in [9.17, 15) is 4.79 Å². The second-order valence-electron chi connectivity index (χ2n) is 15.8. The van der Waals surface area contributed by atoms with Crippen LogP contribution in [0.1, 0.15) is 67.4 Å². The number of carbonyl (C=O) groups is 1. The highest BCUT2D eigenvalue weighted by atomic mass is 16.5. The summed E-state index contributed by atoms with van der Waals surface area (Å²) in [6.45, 7) is 13.8. The maximum atomic E-state index is 12.7. The van der Waals surface area contributed by atoms with Gasteiger partial charge in [-0.3, -0.25) is 4.79 Å². The molecule has 2 atom stereocenters. The molecule has 2 unspecified atom stereocenters. The first kappa shape index (κ1) is 40.2. The smallest absolute Gasteiger partial charge is 0.260 e. The third kappa shape index (κ3) is 8.15. The van der Waals surface area contributed by atoms with Gasteiger partial charge in [0.2, 0.25) is 0 Å². The number of aromatic nitrogens is 4. The number of aryl methyl sites for hydroxylation is 3. The van der Waals surface area contributed by atoms with Crippen LogP contribution in [0.15, 0.2) is 112 Å². The molecule has 1 amide bonds. The first-order valence-corrected chi connectivity index (χ1v) is 21.1. The lowest BCUT2D eigenvalue weighted by Crippen LogP contribution is -2.34. The van der Waals surface area contributed by atoms with Crippen LogP contribution in [0, 0.1) is 20.8 Å². The molecule has 0 spiro atoms. The topological polar surface area (TPSA) is 141 Å². The van der Waals surface area contributed by atoms with Gasteiger partial charge in [0.25, 0.3) is 5.91 Å². The van der Waals surface area contributed by atoms with Crippen molar-refractivity contribution in [1.29, 1.82) is 0 Å². The summed E-state index contributed by atoms with van der Waals surface area (Å²) >= 11 is 0. The number of hydrogen-bond donors (Lipinski definition) is 2. The second-order valence-corrected chi connectivity index (χ2v) is 15.8. The first-order chi connectivity index (χ1) is 30.1. The molecule has 62 heavy (non-hydrogen) atoms. The zero-order valence-electron chi connectivity index (χ0n) is 35.8. The summed E-state index contributed by atoms with van der Waals surface area (Å²) < 4.78 is 24.0. The standard InChI is InChI=1S/C50H49N7O5/c1-7-57(8-2)48(58)28-60-36-13-11-12-33(20-36)31(5)51-46-24-42(34-16-17-45-38(21-34)29(3)26-61-45)55-50(56-46)40-23-35(22-39-30(4)27-62-49(39)40)43-25-47(53-32(6)52-43)54-41-18-19-59-44-15-10-9-14-37(41)44/h9-17,20-27,31,41H,7-8,18-19,28H2,1-6H3,(H,51,55,56)(H,52,53,54).